The van der Waals surface area contributed by atoms with Crippen LogP contribution in [0.2, 0.25) is 0 Å². The maximum atomic E-state index is 13.6. The molecule has 0 spiro atoms. The van der Waals surface area contributed by atoms with Crippen LogP contribution in [-0.2, 0) is 4.79 Å². The molecule has 0 saturated carbocycles. The Morgan fingerprint density at radius 1 is 0.909 bits per heavy atom. The quantitative estimate of drug-likeness (QED) is 0.312. The molecule has 5 heteroatoms. The first kappa shape index (κ1) is 24.1. The minimum atomic E-state index is -0.186. The highest BCUT2D eigenvalue weighted by molar-refractivity contribution is 6.31. The standard InChI is InChI=1S/C28H32N2O3/c1-4-8-26(21-9-6-5-7-10-21)27(22-11-15-24(31)16-12-22)28(32)29-23-13-17-25(18-14-23)33-20-19-30(2)3/h5-7,9-18,31H,4,8,19-20H2,1-3H3,(H,29,32)/b27-26-. The number of likely N-dealkylation sites (N-methyl/N-ethyl adjacent to an activating group) is 1. The molecule has 0 unspecified atom stereocenters. The van der Waals surface area contributed by atoms with E-state index in [0.717, 1.165) is 41.8 Å². The molecule has 0 atom stereocenters. The van der Waals surface area contributed by atoms with Crippen molar-refractivity contribution in [1.29, 1.82) is 0 Å². The number of nitrogens with one attached hydrogen (secondary N) is 1. The molecule has 3 aromatic carbocycles. The van der Waals surface area contributed by atoms with E-state index in [1.807, 2.05) is 68.7 Å². The Morgan fingerprint density at radius 3 is 2.18 bits per heavy atom. The van der Waals surface area contributed by atoms with E-state index in [1.54, 1.807) is 24.3 Å². The Labute approximate surface area is 196 Å². The SMILES string of the molecule is CCC/C(=C(/C(=O)Nc1ccc(OCCN(C)C)cc1)c1ccc(O)cc1)c1ccccc1. The third-order valence-electron chi connectivity index (χ3n) is 5.23. The second-order valence-electron chi connectivity index (χ2n) is 8.15. The average molecular weight is 445 g/mol. The van der Waals surface area contributed by atoms with E-state index in [9.17, 15) is 9.90 Å². The lowest BCUT2D eigenvalue weighted by molar-refractivity contribution is -0.111. The van der Waals surface area contributed by atoms with Gasteiger partial charge in [0, 0.05) is 12.2 Å². The zero-order valence-electron chi connectivity index (χ0n) is 19.5. The maximum Gasteiger partial charge on any atom is 0.256 e. The lowest BCUT2D eigenvalue weighted by Gasteiger charge is -2.17. The van der Waals surface area contributed by atoms with Gasteiger partial charge in [-0.15, -0.1) is 0 Å². The number of phenolic OH excluding ortho intramolecular Hbond substituents is 1. The summed E-state index contributed by atoms with van der Waals surface area (Å²) in [6.45, 7) is 3.53. The third-order valence-corrected chi connectivity index (χ3v) is 5.23. The Balaban J connectivity index is 1.91. The van der Waals surface area contributed by atoms with Crippen LogP contribution in [0.3, 0.4) is 0 Å². The second kappa shape index (κ2) is 11.9. The summed E-state index contributed by atoms with van der Waals surface area (Å²) in [4.78, 5) is 15.6. The largest absolute Gasteiger partial charge is 0.508 e. The van der Waals surface area contributed by atoms with Crippen molar-refractivity contribution in [2.75, 3.05) is 32.6 Å². The lowest BCUT2D eigenvalue weighted by Crippen LogP contribution is -2.19. The summed E-state index contributed by atoms with van der Waals surface area (Å²) in [5.74, 6) is 0.745. The zero-order chi connectivity index (χ0) is 23.6. The Kier molecular flexibility index (Phi) is 8.67. The molecule has 0 saturated heterocycles. The van der Waals surface area contributed by atoms with E-state index < -0.39 is 0 Å². The van der Waals surface area contributed by atoms with Gasteiger partial charge in [0.05, 0.1) is 5.57 Å². The summed E-state index contributed by atoms with van der Waals surface area (Å²) in [7, 11) is 4.01. The molecule has 3 aromatic rings. The van der Waals surface area contributed by atoms with Crippen molar-refractivity contribution < 1.29 is 14.6 Å². The molecule has 0 fully saturated rings. The summed E-state index contributed by atoms with van der Waals surface area (Å²) in [6, 6.07) is 24.2. The third kappa shape index (κ3) is 6.96. The molecule has 5 nitrogen and oxygen atoms in total. The van der Waals surface area contributed by atoms with Crippen molar-refractivity contribution in [3.63, 3.8) is 0 Å². The van der Waals surface area contributed by atoms with E-state index in [0.29, 0.717) is 17.9 Å². The first-order valence-corrected chi connectivity index (χ1v) is 11.2. The van der Waals surface area contributed by atoms with E-state index >= 15 is 0 Å². The molecule has 0 aliphatic carbocycles. The molecule has 0 aliphatic rings. The number of rotatable bonds is 10. The number of hydrogen-bond acceptors (Lipinski definition) is 4. The van der Waals surface area contributed by atoms with Crippen LogP contribution in [-0.4, -0.2) is 43.2 Å². The molecule has 0 heterocycles. The number of anilines is 1. The first-order chi connectivity index (χ1) is 16.0. The highest BCUT2D eigenvalue weighted by atomic mass is 16.5. The number of carbonyl (C=O) groups is 1. The van der Waals surface area contributed by atoms with Crippen molar-refractivity contribution in [3.05, 3.63) is 90.0 Å². The number of nitrogens with zero attached hydrogens (tertiary/aromatic N) is 1. The number of carbonyl (C=O) groups excluding carboxylic acids is 1. The van der Waals surface area contributed by atoms with Gasteiger partial charge in [-0.25, -0.2) is 0 Å². The molecule has 0 aromatic heterocycles. The monoisotopic (exact) mass is 444 g/mol. The Bertz CT molecular complexity index is 1060. The Morgan fingerprint density at radius 2 is 1.58 bits per heavy atom. The molecular formula is C28H32N2O3. The lowest BCUT2D eigenvalue weighted by atomic mass is 9.91. The van der Waals surface area contributed by atoms with Gasteiger partial charge in [0.2, 0.25) is 0 Å². The maximum absolute atomic E-state index is 13.6. The molecule has 2 N–H and O–H groups in total. The van der Waals surface area contributed by atoms with Gasteiger partial charge in [-0.05, 0) is 73.6 Å². The van der Waals surface area contributed by atoms with Crippen molar-refractivity contribution in [2.45, 2.75) is 19.8 Å². The number of phenols is 1. The fourth-order valence-corrected chi connectivity index (χ4v) is 3.55. The van der Waals surface area contributed by atoms with Crippen molar-refractivity contribution in [3.8, 4) is 11.5 Å². The van der Waals surface area contributed by atoms with E-state index in [2.05, 4.69) is 17.1 Å². The number of benzene rings is 3. The van der Waals surface area contributed by atoms with Gasteiger partial charge in [0.25, 0.3) is 5.91 Å². The summed E-state index contributed by atoms with van der Waals surface area (Å²) in [5.41, 5.74) is 4.06. The van der Waals surface area contributed by atoms with Crippen LogP contribution in [0.1, 0.15) is 30.9 Å². The molecule has 1 amide bonds. The predicted octanol–water partition coefficient (Wildman–Crippen LogP) is 5.68. The smallest absolute Gasteiger partial charge is 0.256 e. The van der Waals surface area contributed by atoms with Crippen LogP contribution in [0.4, 0.5) is 5.69 Å². The predicted molar refractivity (Wildman–Crippen MR) is 135 cm³/mol. The van der Waals surface area contributed by atoms with Crippen molar-refractivity contribution >= 4 is 22.7 Å². The topological polar surface area (TPSA) is 61.8 Å². The summed E-state index contributed by atoms with van der Waals surface area (Å²) >= 11 is 0. The fraction of sp³-hybridized carbons (Fsp3) is 0.250. The van der Waals surface area contributed by atoms with Gasteiger partial charge in [-0.2, -0.15) is 0 Å². The van der Waals surface area contributed by atoms with Crippen molar-refractivity contribution in [1.82, 2.24) is 4.90 Å². The van der Waals surface area contributed by atoms with Gasteiger partial charge in [-0.1, -0.05) is 55.8 Å². The minimum absolute atomic E-state index is 0.167. The van der Waals surface area contributed by atoms with Gasteiger partial charge in [-0.3, -0.25) is 4.79 Å². The number of ether oxygens (including phenoxy) is 1. The van der Waals surface area contributed by atoms with E-state index in [4.69, 9.17) is 4.74 Å². The van der Waals surface area contributed by atoms with E-state index in [-0.39, 0.29) is 11.7 Å². The molecular weight excluding hydrogens is 412 g/mol. The molecule has 3 rings (SSSR count). The summed E-state index contributed by atoms with van der Waals surface area (Å²) in [6.07, 6.45) is 1.66. The minimum Gasteiger partial charge on any atom is -0.508 e. The van der Waals surface area contributed by atoms with Crippen LogP contribution in [0, 0.1) is 0 Å². The molecule has 33 heavy (non-hydrogen) atoms. The zero-order valence-corrected chi connectivity index (χ0v) is 19.5. The van der Waals surface area contributed by atoms with Crippen LogP contribution in [0.5, 0.6) is 11.5 Å². The average Bonchev–Trinajstić information content (AvgIpc) is 2.81. The van der Waals surface area contributed by atoms with Crippen LogP contribution in [0.15, 0.2) is 78.9 Å². The number of hydrogen-bond donors (Lipinski definition) is 2. The molecule has 0 bridgehead atoms. The van der Waals surface area contributed by atoms with Gasteiger partial charge < -0.3 is 20.1 Å². The fourth-order valence-electron chi connectivity index (χ4n) is 3.55. The Hall–Kier alpha value is -3.57. The highest BCUT2D eigenvalue weighted by Crippen LogP contribution is 2.32. The highest BCUT2D eigenvalue weighted by Gasteiger charge is 2.19. The van der Waals surface area contributed by atoms with Crippen LogP contribution in [0.25, 0.3) is 11.1 Å². The van der Waals surface area contributed by atoms with E-state index in [1.165, 1.54) is 0 Å². The molecule has 172 valence electrons. The van der Waals surface area contributed by atoms with Gasteiger partial charge >= 0.3 is 0 Å². The first-order valence-electron chi connectivity index (χ1n) is 11.2. The van der Waals surface area contributed by atoms with Crippen LogP contribution >= 0.6 is 0 Å². The summed E-state index contributed by atoms with van der Waals surface area (Å²) < 4.78 is 5.75. The summed E-state index contributed by atoms with van der Waals surface area (Å²) in [5, 5.41) is 12.8. The van der Waals surface area contributed by atoms with Crippen LogP contribution < -0.4 is 10.1 Å². The second-order valence-corrected chi connectivity index (χ2v) is 8.15. The molecule has 0 radical (unpaired) electrons. The molecule has 0 aliphatic heterocycles. The van der Waals surface area contributed by atoms with Gasteiger partial charge in [0.1, 0.15) is 18.1 Å². The normalized spacial score (nSPS) is 11.8. The van der Waals surface area contributed by atoms with Crippen molar-refractivity contribution in [2.24, 2.45) is 0 Å². The number of amides is 1. The van der Waals surface area contributed by atoms with Gasteiger partial charge in [0.15, 0.2) is 0 Å². The number of aromatic hydroxyl groups is 1. The number of allylic oxidation sites excluding steroid dienone is 1.